The highest BCUT2D eigenvalue weighted by molar-refractivity contribution is 5.22. The molecule has 2 nitrogen and oxygen atoms in total. The van der Waals surface area contributed by atoms with Gasteiger partial charge >= 0.3 is 0 Å². The van der Waals surface area contributed by atoms with Gasteiger partial charge in [-0.25, -0.2) is 4.39 Å². The minimum Gasteiger partial charge on any atom is -0.395 e. The maximum atomic E-state index is 13.9. The normalized spacial score (nSPS) is 13.9. The van der Waals surface area contributed by atoms with E-state index in [0.29, 0.717) is 5.56 Å². The van der Waals surface area contributed by atoms with Gasteiger partial charge in [0.05, 0.1) is 6.61 Å². The number of aliphatic hydroxyl groups excluding tert-OH is 1. The molecule has 21 heavy (non-hydrogen) atoms. The third-order valence-electron chi connectivity index (χ3n) is 3.67. The summed E-state index contributed by atoms with van der Waals surface area (Å²) in [6.45, 7) is 2.04. The van der Waals surface area contributed by atoms with E-state index >= 15 is 0 Å². The zero-order chi connectivity index (χ0) is 15.1. The zero-order valence-corrected chi connectivity index (χ0v) is 12.3. The van der Waals surface area contributed by atoms with Crippen molar-refractivity contribution in [2.75, 3.05) is 6.61 Å². The van der Waals surface area contributed by atoms with Gasteiger partial charge in [0.1, 0.15) is 5.82 Å². The fourth-order valence-corrected chi connectivity index (χ4v) is 2.54. The molecule has 0 heterocycles. The van der Waals surface area contributed by atoms with E-state index < -0.39 is 0 Å². The van der Waals surface area contributed by atoms with Crippen LogP contribution in [0.15, 0.2) is 54.6 Å². The Morgan fingerprint density at radius 3 is 2.33 bits per heavy atom. The summed E-state index contributed by atoms with van der Waals surface area (Å²) < 4.78 is 13.9. The number of halogens is 1. The fraction of sp³-hybridized carbons (Fsp3) is 0.333. The molecule has 2 N–H and O–H groups in total. The third kappa shape index (κ3) is 4.38. The quantitative estimate of drug-likeness (QED) is 0.817. The standard InChI is InChI=1S/C18H22FNO/c1-2-18(16-10-6-7-11-17(16)19)20-15(13-21)12-14-8-4-3-5-9-14/h3-11,15,18,20-21H,2,12-13H2,1H3. The molecule has 0 bridgehead atoms. The van der Waals surface area contributed by atoms with Crippen molar-refractivity contribution in [1.82, 2.24) is 5.32 Å². The average molecular weight is 287 g/mol. The third-order valence-corrected chi connectivity index (χ3v) is 3.67. The Balaban J connectivity index is 2.07. The first-order valence-corrected chi connectivity index (χ1v) is 7.39. The van der Waals surface area contributed by atoms with Crippen molar-refractivity contribution in [2.24, 2.45) is 0 Å². The van der Waals surface area contributed by atoms with Gasteiger partial charge in [-0.15, -0.1) is 0 Å². The minimum absolute atomic E-state index is 0.0276. The summed E-state index contributed by atoms with van der Waals surface area (Å²) in [5.41, 5.74) is 1.82. The molecule has 2 atom stereocenters. The molecule has 0 aliphatic rings. The highest BCUT2D eigenvalue weighted by Crippen LogP contribution is 2.21. The Morgan fingerprint density at radius 2 is 1.71 bits per heavy atom. The molecular formula is C18H22FNO. The van der Waals surface area contributed by atoms with Gasteiger partial charge in [0.2, 0.25) is 0 Å². The predicted molar refractivity (Wildman–Crippen MR) is 83.6 cm³/mol. The highest BCUT2D eigenvalue weighted by Gasteiger charge is 2.18. The lowest BCUT2D eigenvalue weighted by Crippen LogP contribution is -2.37. The number of aliphatic hydroxyl groups is 1. The lowest BCUT2D eigenvalue weighted by atomic mass is 10.0. The minimum atomic E-state index is -0.201. The first-order chi connectivity index (χ1) is 10.2. The van der Waals surface area contributed by atoms with Crippen molar-refractivity contribution in [3.8, 4) is 0 Å². The van der Waals surface area contributed by atoms with Crippen molar-refractivity contribution in [3.63, 3.8) is 0 Å². The van der Waals surface area contributed by atoms with Crippen molar-refractivity contribution in [2.45, 2.75) is 31.8 Å². The van der Waals surface area contributed by atoms with E-state index in [2.05, 4.69) is 5.32 Å². The van der Waals surface area contributed by atoms with Crippen molar-refractivity contribution in [3.05, 3.63) is 71.5 Å². The molecule has 0 aliphatic carbocycles. The summed E-state index contributed by atoms with van der Waals surface area (Å²) in [7, 11) is 0. The molecule has 0 spiro atoms. The van der Waals surface area contributed by atoms with Crippen LogP contribution >= 0.6 is 0 Å². The van der Waals surface area contributed by atoms with Crippen LogP contribution in [0.25, 0.3) is 0 Å². The van der Waals surface area contributed by atoms with Crippen LogP contribution in [0.4, 0.5) is 4.39 Å². The van der Waals surface area contributed by atoms with E-state index in [4.69, 9.17) is 0 Å². The van der Waals surface area contributed by atoms with E-state index in [1.54, 1.807) is 12.1 Å². The molecule has 3 heteroatoms. The predicted octanol–water partition coefficient (Wildman–Crippen LogP) is 3.47. The van der Waals surface area contributed by atoms with Crippen molar-refractivity contribution in [1.29, 1.82) is 0 Å². The first kappa shape index (κ1) is 15.7. The molecule has 2 aromatic carbocycles. The molecule has 0 aromatic heterocycles. The number of hydrogen-bond donors (Lipinski definition) is 2. The van der Waals surface area contributed by atoms with Crippen LogP contribution in [0, 0.1) is 5.82 Å². The van der Waals surface area contributed by atoms with E-state index in [-0.39, 0.29) is 24.5 Å². The summed E-state index contributed by atoms with van der Waals surface area (Å²) in [5.74, 6) is -0.201. The van der Waals surface area contributed by atoms with Gasteiger partial charge in [0, 0.05) is 17.6 Å². The largest absolute Gasteiger partial charge is 0.395 e. The molecule has 0 aliphatic heterocycles. The lowest BCUT2D eigenvalue weighted by molar-refractivity contribution is 0.228. The highest BCUT2D eigenvalue weighted by atomic mass is 19.1. The number of hydrogen-bond acceptors (Lipinski definition) is 2. The van der Waals surface area contributed by atoms with E-state index in [1.807, 2.05) is 43.3 Å². The Hall–Kier alpha value is -1.71. The number of benzene rings is 2. The van der Waals surface area contributed by atoms with Crippen LogP contribution in [0.3, 0.4) is 0 Å². The van der Waals surface area contributed by atoms with Crippen molar-refractivity contribution >= 4 is 0 Å². The second-order valence-electron chi connectivity index (χ2n) is 5.22. The Labute approximate surface area is 125 Å². The van der Waals surface area contributed by atoms with Crippen LogP contribution in [0.1, 0.15) is 30.5 Å². The number of rotatable bonds is 7. The van der Waals surface area contributed by atoms with Crippen LogP contribution in [0.5, 0.6) is 0 Å². The van der Waals surface area contributed by atoms with Gasteiger partial charge in [-0.3, -0.25) is 0 Å². The Kier molecular flexibility index (Phi) is 5.90. The average Bonchev–Trinajstić information content (AvgIpc) is 2.53. The summed E-state index contributed by atoms with van der Waals surface area (Å²) >= 11 is 0. The van der Waals surface area contributed by atoms with Crippen LogP contribution < -0.4 is 5.32 Å². The van der Waals surface area contributed by atoms with Gasteiger partial charge in [-0.1, -0.05) is 55.5 Å². The van der Waals surface area contributed by atoms with Crippen LogP contribution in [0.2, 0.25) is 0 Å². The van der Waals surface area contributed by atoms with Gasteiger partial charge in [-0.05, 0) is 24.5 Å². The van der Waals surface area contributed by atoms with Gasteiger partial charge in [0.25, 0.3) is 0 Å². The molecule has 2 aromatic rings. The molecule has 0 amide bonds. The van der Waals surface area contributed by atoms with Crippen LogP contribution in [-0.4, -0.2) is 17.8 Å². The molecule has 0 fully saturated rings. The topological polar surface area (TPSA) is 32.3 Å². The maximum absolute atomic E-state index is 13.9. The van der Waals surface area contributed by atoms with E-state index in [1.165, 1.54) is 6.07 Å². The van der Waals surface area contributed by atoms with E-state index in [0.717, 1.165) is 18.4 Å². The molecule has 0 saturated carbocycles. The number of nitrogens with one attached hydrogen (secondary N) is 1. The second-order valence-corrected chi connectivity index (χ2v) is 5.22. The molecule has 112 valence electrons. The summed E-state index contributed by atoms with van der Waals surface area (Å²) in [4.78, 5) is 0. The Bertz CT molecular complexity index is 544. The van der Waals surface area contributed by atoms with Gasteiger partial charge < -0.3 is 10.4 Å². The molecular weight excluding hydrogens is 265 g/mol. The molecule has 0 radical (unpaired) electrons. The smallest absolute Gasteiger partial charge is 0.127 e. The van der Waals surface area contributed by atoms with Crippen molar-refractivity contribution < 1.29 is 9.50 Å². The monoisotopic (exact) mass is 287 g/mol. The SMILES string of the molecule is CCC(NC(CO)Cc1ccccc1)c1ccccc1F. The second kappa shape index (κ2) is 7.91. The molecule has 2 rings (SSSR count). The van der Waals surface area contributed by atoms with Crippen LogP contribution in [-0.2, 0) is 6.42 Å². The molecule has 0 saturated heterocycles. The fourth-order valence-electron chi connectivity index (χ4n) is 2.54. The lowest BCUT2D eigenvalue weighted by Gasteiger charge is -2.24. The zero-order valence-electron chi connectivity index (χ0n) is 12.3. The summed E-state index contributed by atoms with van der Waals surface area (Å²) in [6, 6.07) is 16.6. The summed E-state index contributed by atoms with van der Waals surface area (Å²) in [6.07, 6.45) is 1.49. The molecule has 2 unspecified atom stereocenters. The van der Waals surface area contributed by atoms with E-state index in [9.17, 15) is 9.50 Å². The maximum Gasteiger partial charge on any atom is 0.127 e. The Morgan fingerprint density at radius 1 is 1.05 bits per heavy atom. The first-order valence-electron chi connectivity index (χ1n) is 7.39. The van der Waals surface area contributed by atoms with Gasteiger partial charge in [0.15, 0.2) is 0 Å². The van der Waals surface area contributed by atoms with Gasteiger partial charge in [-0.2, -0.15) is 0 Å². The summed E-state index contributed by atoms with van der Waals surface area (Å²) in [5, 5.41) is 13.0.